The van der Waals surface area contributed by atoms with Crippen molar-refractivity contribution < 1.29 is 13.9 Å². The zero-order valence-corrected chi connectivity index (χ0v) is 22.2. The van der Waals surface area contributed by atoms with Crippen LogP contribution >= 0.6 is 0 Å². The van der Waals surface area contributed by atoms with Crippen LogP contribution in [0.5, 0.6) is 11.6 Å². The lowest BCUT2D eigenvalue weighted by molar-refractivity contribution is -0.118. The van der Waals surface area contributed by atoms with Crippen molar-refractivity contribution >= 4 is 23.5 Å². The van der Waals surface area contributed by atoms with Gasteiger partial charge in [-0.2, -0.15) is 0 Å². The van der Waals surface area contributed by atoms with Crippen molar-refractivity contribution in [2.24, 2.45) is 4.99 Å². The van der Waals surface area contributed by atoms with E-state index in [9.17, 15) is 9.18 Å². The molecule has 8 nitrogen and oxygen atoms in total. The molecule has 3 aromatic rings. The molecule has 1 aromatic heterocycles. The maximum atomic E-state index is 13.2. The van der Waals surface area contributed by atoms with Gasteiger partial charge in [-0.1, -0.05) is 12.1 Å². The Balaban J connectivity index is 1.23. The Morgan fingerprint density at radius 2 is 2.03 bits per heavy atom. The number of likely N-dealkylation sites (tertiary alicyclic amines) is 1. The van der Waals surface area contributed by atoms with Crippen LogP contribution in [0.3, 0.4) is 0 Å². The fourth-order valence-electron chi connectivity index (χ4n) is 5.05. The molecule has 39 heavy (non-hydrogen) atoms. The second-order valence-electron chi connectivity index (χ2n) is 9.92. The minimum atomic E-state index is -0.552. The van der Waals surface area contributed by atoms with Crippen molar-refractivity contribution in [2.45, 2.75) is 44.6 Å². The van der Waals surface area contributed by atoms with E-state index in [1.54, 1.807) is 12.1 Å². The summed E-state index contributed by atoms with van der Waals surface area (Å²) >= 11 is 0. The van der Waals surface area contributed by atoms with Gasteiger partial charge in [0, 0.05) is 30.3 Å². The number of ether oxygens (including phenoxy) is 1. The lowest BCUT2D eigenvalue weighted by atomic mass is 9.92. The van der Waals surface area contributed by atoms with E-state index in [0.29, 0.717) is 17.3 Å². The molecular formula is C30H35FN6O2. The fraction of sp³-hybridized carbons (Fsp3) is 0.367. The van der Waals surface area contributed by atoms with E-state index in [2.05, 4.69) is 49.4 Å². The Morgan fingerprint density at radius 3 is 2.77 bits per heavy atom. The lowest BCUT2D eigenvalue weighted by Gasteiger charge is -2.18. The zero-order chi connectivity index (χ0) is 27.0. The third-order valence-electron chi connectivity index (χ3n) is 7.12. The molecule has 2 aliphatic rings. The molecule has 3 N–H and O–H groups in total. The zero-order valence-electron chi connectivity index (χ0n) is 22.2. The quantitative estimate of drug-likeness (QED) is 0.277. The highest BCUT2D eigenvalue weighted by Gasteiger charge is 2.29. The molecule has 2 unspecified atom stereocenters. The molecule has 9 heteroatoms. The van der Waals surface area contributed by atoms with Crippen LogP contribution in [0.1, 0.15) is 55.7 Å². The second-order valence-corrected chi connectivity index (χ2v) is 9.92. The van der Waals surface area contributed by atoms with Gasteiger partial charge >= 0.3 is 0 Å². The van der Waals surface area contributed by atoms with E-state index in [4.69, 9.17) is 4.74 Å². The summed E-state index contributed by atoms with van der Waals surface area (Å²) in [7, 11) is 0. The number of rotatable bonds is 11. The van der Waals surface area contributed by atoms with Crippen LogP contribution in [-0.4, -0.2) is 48.2 Å². The topological polar surface area (TPSA) is 90.9 Å². The first-order valence-corrected chi connectivity index (χ1v) is 13.7. The SMILES string of the molecule is CCN=CC(CCCN1CCCC1)c1ccc2c(c1)C(C(=O)Nc1ccc(Oc3ccc(F)cc3)nc1)NN2. The summed E-state index contributed by atoms with van der Waals surface area (Å²) in [6.45, 7) is 6.34. The molecule has 204 valence electrons. The van der Waals surface area contributed by atoms with Crippen molar-refractivity contribution in [3.8, 4) is 11.6 Å². The normalized spacial score (nSPS) is 17.6. The highest BCUT2D eigenvalue weighted by Crippen LogP contribution is 2.33. The van der Waals surface area contributed by atoms with Gasteiger partial charge in [-0.05, 0) is 94.2 Å². The van der Waals surface area contributed by atoms with E-state index in [-0.39, 0.29) is 17.6 Å². The fourth-order valence-corrected chi connectivity index (χ4v) is 5.05. The largest absolute Gasteiger partial charge is 0.439 e. The molecule has 5 rings (SSSR count). The average molecular weight is 531 g/mol. The third kappa shape index (κ3) is 6.99. The van der Waals surface area contributed by atoms with Gasteiger partial charge in [0.1, 0.15) is 17.6 Å². The molecular weight excluding hydrogens is 495 g/mol. The number of nitrogens with one attached hydrogen (secondary N) is 3. The Kier molecular flexibility index (Phi) is 8.80. The summed E-state index contributed by atoms with van der Waals surface area (Å²) in [4.78, 5) is 24.6. The summed E-state index contributed by atoms with van der Waals surface area (Å²) in [6, 6.07) is 14.8. The highest BCUT2D eigenvalue weighted by atomic mass is 19.1. The number of nitrogens with zero attached hydrogens (tertiary/aromatic N) is 3. The van der Waals surface area contributed by atoms with E-state index in [1.807, 2.05) is 13.0 Å². The maximum absolute atomic E-state index is 13.2. The Morgan fingerprint density at radius 1 is 1.21 bits per heavy atom. The first kappa shape index (κ1) is 26.8. The molecule has 0 spiro atoms. The van der Waals surface area contributed by atoms with Gasteiger partial charge in [-0.25, -0.2) is 14.8 Å². The van der Waals surface area contributed by atoms with E-state index < -0.39 is 6.04 Å². The summed E-state index contributed by atoms with van der Waals surface area (Å²) in [5.74, 6) is 0.506. The van der Waals surface area contributed by atoms with E-state index in [0.717, 1.165) is 37.2 Å². The molecule has 1 saturated heterocycles. The number of hydrogen-bond acceptors (Lipinski definition) is 7. The van der Waals surface area contributed by atoms with Crippen LogP contribution in [0.25, 0.3) is 0 Å². The average Bonchev–Trinajstić information content (AvgIpc) is 3.63. The standard InChI is InChI=1S/C30H35FN6O2/c1-2-32-19-22(6-5-17-37-15-3-4-16-37)21-7-13-27-26(18-21)29(36-35-27)30(38)34-24-10-14-28(33-20-24)39-25-11-8-23(31)9-12-25/h7-14,18-20,22,29,35-36H,2-6,15-17H2,1H3,(H,34,38). The van der Waals surface area contributed by atoms with Gasteiger partial charge in [-0.3, -0.25) is 9.79 Å². The van der Waals surface area contributed by atoms with Gasteiger partial charge in [0.2, 0.25) is 11.8 Å². The number of aliphatic imine (C=N–C) groups is 1. The Labute approximate surface area is 228 Å². The number of hydrogen-bond donors (Lipinski definition) is 3. The summed E-state index contributed by atoms with van der Waals surface area (Å²) in [5, 5.41) is 2.93. The van der Waals surface area contributed by atoms with Crippen molar-refractivity contribution in [1.29, 1.82) is 0 Å². The lowest BCUT2D eigenvalue weighted by Crippen LogP contribution is -2.30. The second kappa shape index (κ2) is 12.8. The van der Waals surface area contributed by atoms with Gasteiger partial charge in [0.25, 0.3) is 0 Å². The van der Waals surface area contributed by atoms with Gasteiger partial charge in [0.05, 0.1) is 17.6 Å². The minimum Gasteiger partial charge on any atom is -0.439 e. The predicted octanol–water partition coefficient (Wildman–Crippen LogP) is 5.67. The van der Waals surface area contributed by atoms with E-state index in [1.165, 1.54) is 62.0 Å². The molecule has 2 aromatic carbocycles. The molecule has 1 fully saturated rings. The number of amides is 1. The molecule has 2 atom stereocenters. The molecule has 0 bridgehead atoms. The van der Waals surface area contributed by atoms with Crippen molar-refractivity contribution in [3.63, 3.8) is 0 Å². The monoisotopic (exact) mass is 530 g/mol. The van der Waals surface area contributed by atoms with Gasteiger partial charge < -0.3 is 20.4 Å². The summed E-state index contributed by atoms with van der Waals surface area (Å²) in [5.41, 5.74) is 9.75. The van der Waals surface area contributed by atoms with Gasteiger partial charge in [0.15, 0.2) is 0 Å². The number of hydrazine groups is 1. The van der Waals surface area contributed by atoms with Crippen LogP contribution in [0, 0.1) is 5.82 Å². The van der Waals surface area contributed by atoms with Crippen molar-refractivity contribution in [2.75, 3.05) is 36.9 Å². The predicted molar refractivity (Wildman–Crippen MR) is 152 cm³/mol. The minimum absolute atomic E-state index is 0.194. The van der Waals surface area contributed by atoms with Gasteiger partial charge in [-0.15, -0.1) is 0 Å². The maximum Gasteiger partial charge on any atom is 0.248 e. The Hall–Kier alpha value is -3.82. The number of anilines is 2. The number of halogens is 1. The third-order valence-corrected chi connectivity index (χ3v) is 7.12. The number of carbonyl (C=O) groups excluding carboxylic acids is 1. The van der Waals surface area contributed by atoms with Crippen LogP contribution in [0.15, 0.2) is 65.8 Å². The summed E-state index contributed by atoms with van der Waals surface area (Å²) in [6.07, 6.45) is 8.35. The smallest absolute Gasteiger partial charge is 0.248 e. The number of pyridine rings is 1. The van der Waals surface area contributed by atoms with E-state index >= 15 is 0 Å². The molecule has 0 radical (unpaired) electrons. The molecule has 0 saturated carbocycles. The first-order valence-electron chi connectivity index (χ1n) is 13.7. The number of carbonyl (C=O) groups is 1. The number of aromatic nitrogens is 1. The van der Waals surface area contributed by atoms with Crippen LogP contribution in [0.2, 0.25) is 0 Å². The molecule has 3 heterocycles. The molecule has 2 aliphatic heterocycles. The van der Waals surface area contributed by atoms with Crippen LogP contribution < -0.4 is 20.9 Å². The Bertz CT molecular complexity index is 1280. The molecule has 1 amide bonds. The number of benzene rings is 2. The first-order chi connectivity index (χ1) is 19.1. The highest BCUT2D eigenvalue weighted by molar-refractivity contribution is 5.97. The van der Waals surface area contributed by atoms with Crippen LogP contribution in [-0.2, 0) is 4.79 Å². The van der Waals surface area contributed by atoms with Crippen molar-refractivity contribution in [3.05, 3.63) is 77.7 Å². The van der Waals surface area contributed by atoms with Crippen LogP contribution in [0.4, 0.5) is 15.8 Å². The summed E-state index contributed by atoms with van der Waals surface area (Å²) < 4.78 is 18.7. The number of fused-ring (bicyclic) bond motifs is 1. The van der Waals surface area contributed by atoms with Crippen molar-refractivity contribution in [1.82, 2.24) is 15.3 Å². The molecule has 0 aliphatic carbocycles.